The SMILES string of the molecule is O=C(O)Cn1c(-c2ccc(OCc3cc(N4CCCC4=O)ccc3N3CCNCC3)cc2)c(C2CCCCC2)c2ccc(C(=O)O)cc21. The van der Waals surface area contributed by atoms with Crippen LogP contribution in [0.2, 0.25) is 0 Å². The molecule has 0 unspecified atom stereocenters. The average molecular weight is 651 g/mol. The van der Waals surface area contributed by atoms with E-state index < -0.39 is 11.9 Å². The van der Waals surface area contributed by atoms with Gasteiger partial charge in [0.15, 0.2) is 0 Å². The zero-order valence-electron chi connectivity index (χ0n) is 27.1. The number of fused-ring (bicyclic) bond motifs is 1. The molecule has 1 aromatic heterocycles. The lowest BCUT2D eigenvalue weighted by Crippen LogP contribution is -2.44. The van der Waals surface area contributed by atoms with Gasteiger partial charge in [0.1, 0.15) is 18.9 Å². The largest absolute Gasteiger partial charge is 0.489 e. The van der Waals surface area contributed by atoms with Gasteiger partial charge in [0.2, 0.25) is 5.91 Å². The van der Waals surface area contributed by atoms with Crippen LogP contribution in [0.15, 0.2) is 60.7 Å². The number of ether oxygens (including phenoxy) is 1. The van der Waals surface area contributed by atoms with Crippen LogP contribution in [-0.2, 0) is 22.7 Å². The number of piperazine rings is 1. The molecule has 2 aliphatic heterocycles. The Bertz CT molecular complexity index is 1840. The monoisotopic (exact) mass is 650 g/mol. The van der Waals surface area contributed by atoms with Crippen molar-refractivity contribution in [2.24, 2.45) is 0 Å². The first-order valence-electron chi connectivity index (χ1n) is 17.1. The minimum absolute atomic E-state index is 0.135. The molecule has 10 nitrogen and oxygen atoms in total. The normalized spacial score (nSPS) is 17.3. The number of carbonyl (C=O) groups excluding carboxylic acids is 1. The maximum absolute atomic E-state index is 12.5. The molecule has 0 spiro atoms. The van der Waals surface area contributed by atoms with E-state index >= 15 is 0 Å². The maximum atomic E-state index is 12.5. The van der Waals surface area contributed by atoms with Crippen molar-refractivity contribution < 1.29 is 29.3 Å². The van der Waals surface area contributed by atoms with E-state index in [0.717, 1.165) is 104 Å². The van der Waals surface area contributed by atoms with Crippen molar-refractivity contribution in [3.63, 3.8) is 0 Å². The molecular weight excluding hydrogens is 608 g/mol. The van der Waals surface area contributed by atoms with E-state index in [4.69, 9.17) is 4.74 Å². The third-order valence-electron chi connectivity index (χ3n) is 10.1. The number of hydrogen-bond acceptors (Lipinski definition) is 6. The lowest BCUT2D eigenvalue weighted by molar-refractivity contribution is -0.137. The number of anilines is 2. The molecule has 1 saturated carbocycles. The summed E-state index contributed by atoms with van der Waals surface area (Å²) in [6.07, 6.45) is 6.87. The van der Waals surface area contributed by atoms with E-state index in [2.05, 4.69) is 22.3 Å². The molecule has 7 rings (SSSR count). The second kappa shape index (κ2) is 13.7. The Morgan fingerprint density at radius 2 is 1.65 bits per heavy atom. The number of amides is 1. The molecule has 10 heteroatoms. The van der Waals surface area contributed by atoms with E-state index in [0.29, 0.717) is 24.3 Å². The summed E-state index contributed by atoms with van der Waals surface area (Å²) < 4.78 is 8.16. The van der Waals surface area contributed by atoms with Crippen molar-refractivity contribution in [2.75, 3.05) is 42.5 Å². The Hall–Kier alpha value is -4.83. The molecule has 1 amide bonds. The van der Waals surface area contributed by atoms with Crippen LogP contribution in [0.5, 0.6) is 5.75 Å². The van der Waals surface area contributed by atoms with Crippen LogP contribution in [0.3, 0.4) is 0 Å². The molecule has 2 saturated heterocycles. The van der Waals surface area contributed by atoms with E-state index in [-0.39, 0.29) is 23.9 Å². The molecule has 48 heavy (non-hydrogen) atoms. The zero-order chi connectivity index (χ0) is 33.2. The fourth-order valence-electron chi connectivity index (χ4n) is 7.79. The van der Waals surface area contributed by atoms with Crippen molar-refractivity contribution in [3.8, 4) is 17.0 Å². The first kappa shape index (κ1) is 31.8. The van der Waals surface area contributed by atoms with Gasteiger partial charge in [-0.25, -0.2) is 4.79 Å². The fraction of sp³-hybridized carbons (Fsp3) is 0.395. The molecule has 3 aliphatic rings. The smallest absolute Gasteiger partial charge is 0.335 e. The van der Waals surface area contributed by atoms with Gasteiger partial charge in [-0.1, -0.05) is 25.3 Å². The minimum atomic E-state index is -1.04. The summed E-state index contributed by atoms with van der Waals surface area (Å²) in [5, 5.41) is 24.0. The number of hydrogen-bond donors (Lipinski definition) is 3. The summed E-state index contributed by atoms with van der Waals surface area (Å²) in [5.74, 6) is -0.932. The van der Waals surface area contributed by atoms with Gasteiger partial charge in [0.05, 0.1) is 16.8 Å². The molecule has 0 radical (unpaired) electrons. The van der Waals surface area contributed by atoms with E-state index in [1.807, 2.05) is 41.3 Å². The van der Waals surface area contributed by atoms with Crippen molar-refractivity contribution in [2.45, 2.75) is 64.0 Å². The first-order chi connectivity index (χ1) is 23.4. The fourth-order valence-corrected chi connectivity index (χ4v) is 7.79. The van der Waals surface area contributed by atoms with Crippen LogP contribution in [-0.4, -0.2) is 65.3 Å². The molecule has 0 bridgehead atoms. The Morgan fingerprint density at radius 1 is 0.875 bits per heavy atom. The number of nitrogens with one attached hydrogen (secondary N) is 1. The number of aliphatic carboxylic acids is 1. The molecule has 3 heterocycles. The van der Waals surface area contributed by atoms with Gasteiger partial charge in [-0.15, -0.1) is 0 Å². The third-order valence-corrected chi connectivity index (χ3v) is 10.1. The maximum Gasteiger partial charge on any atom is 0.335 e. The summed E-state index contributed by atoms with van der Waals surface area (Å²) in [6, 6.07) is 19.1. The molecule has 0 atom stereocenters. The van der Waals surface area contributed by atoms with Crippen LogP contribution in [0.4, 0.5) is 11.4 Å². The topological polar surface area (TPSA) is 124 Å². The van der Waals surface area contributed by atoms with E-state index in [9.17, 15) is 24.6 Å². The Kier molecular flexibility index (Phi) is 9.08. The van der Waals surface area contributed by atoms with Gasteiger partial charge in [-0.2, -0.15) is 0 Å². The summed E-state index contributed by atoms with van der Waals surface area (Å²) in [4.78, 5) is 40.8. The molecule has 1 aliphatic carbocycles. The number of aromatic carboxylic acids is 1. The molecule has 4 aromatic rings. The molecule has 250 valence electrons. The summed E-state index contributed by atoms with van der Waals surface area (Å²) in [5.41, 5.74) is 6.60. The number of carbonyl (C=O) groups is 3. The average Bonchev–Trinajstić information content (AvgIpc) is 3.68. The molecule has 3 N–H and O–H groups in total. The lowest BCUT2D eigenvalue weighted by Gasteiger charge is -2.32. The van der Waals surface area contributed by atoms with Gasteiger partial charge in [-0.3, -0.25) is 9.59 Å². The quantitative estimate of drug-likeness (QED) is 0.184. The molecule has 3 aromatic carbocycles. The van der Waals surface area contributed by atoms with Crippen molar-refractivity contribution in [1.82, 2.24) is 9.88 Å². The third kappa shape index (κ3) is 6.36. The van der Waals surface area contributed by atoms with Crippen LogP contribution < -0.4 is 19.9 Å². The van der Waals surface area contributed by atoms with Gasteiger partial charge in [0, 0.05) is 61.5 Å². The highest BCUT2D eigenvalue weighted by atomic mass is 16.5. The van der Waals surface area contributed by atoms with Crippen LogP contribution in [0.1, 0.15) is 72.3 Å². The summed E-state index contributed by atoms with van der Waals surface area (Å²) >= 11 is 0. The summed E-state index contributed by atoms with van der Waals surface area (Å²) in [6.45, 7) is 4.40. The summed E-state index contributed by atoms with van der Waals surface area (Å²) in [7, 11) is 0. The number of rotatable bonds is 10. The number of benzene rings is 3. The highest BCUT2D eigenvalue weighted by Gasteiger charge is 2.28. The Balaban J connectivity index is 1.22. The van der Waals surface area contributed by atoms with Gasteiger partial charge in [-0.05, 0) is 90.9 Å². The number of nitrogens with zero attached hydrogens (tertiary/aromatic N) is 3. The van der Waals surface area contributed by atoms with Crippen LogP contribution >= 0.6 is 0 Å². The van der Waals surface area contributed by atoms with Crippen LogP contribution in [0.25, 0.3) is 22.2 Å². The van der Waals surface area contributed by atoms with Crippen molar-refractivity contribution in [3.05, 3.63) is 77.4 Å². The van der Waals surface area contributed by atoms with Crippen LogP contribution in [0, 0.1) is 0 Å². The second-order valence-corrected chi connectivity index (χ2v) is 13.1. The van der Waals surface area contributed by atoms with Crippen molar-refractivity contribution in [1.29, 1.82) is 0 Å². The number of carboxylic acid groups (broad SMARTS) is 2. The molecule has 3 fully saturated rings. The van der Waals surface area contributed by atoms with E-state index in [1.54, 1.807) is 16.7 Å². The van der Waals surface area contributed by atoms with Crippen molar-refractivity contribution >= 4 is 40.1 Å². The highest BCUT2D eigenvalue weighted by molar-refractivity contribution is 5.99. The van der Waals surface area contributed by atoms with Gasteiger partial charge >= 0.3 is 11.9 Å². The van der Waals surface area contributed by atoms with Gasteiger partial charge < -0.3 is 34.6 Å². The van der Waals surface area contributed by atoms with Gasteiger partial charge in [0.25, 0.3) is 0 Å². The highest BCUT2D eigenvalue weighted by Crippen LogP contribution is 2.44. The second-order valence-electron chi connectivity index (χ2n) is 13.1. The Labute approximate surface area is 279 Å². The molecular formula is C38H42N4O6. The van der Waals surface area contributed by atoms with E-state index in [1.165, 1.54) is 6.42 Å². The minimum Gasteiger partial charge on any atom is -0.489 e. The lowest BCUT2D eigenvalue weighted by atomic mass is 9.82. The predicted molar refractivity (Wildman–Crippen MR) is 185 cm³/mol. The first-order valence-corrected chi connectivity index (χ1v) is 17.1. The Morgan fingerprint density at radius 3 is 2.33 bits per heavy atom. The standard InChI is InChI=1S/C38H42N4O6/c43-34-7-4-18-41(34)29-11-15-32(40-19-16-39-17-20-40)28(21-29)24-48-30-12-8-26(9-13-30)37-36(25-5-2-1-3-6-25)31-14-10-27(38(46)47)22-33(31)42(37)23-35(44)45/h8-15,21-22,25,39H,1-7,16-20,23-24H2,(H,44,45)(H,46,47). The number of aromatic nitrogens is 1. The zero-order valence-corrected chi connectivity index (χ0v) is 27.1. The predicted octanol–water partition coefficient (Wildman–Crippen LogP) is 6.25. The number of carboxylic acids is 2.